The highest BCUT2D eigenvalue weighted by molar-refractivity contribution is 7.18. The van der Waals surface area contributed by atoms with Crippen molar-refractivity contribution in [3.8, 4) is 20.9 Å². The Balaban J connectivity index is 1.64. The summed E-state index contributed by atoms with van der Waals surface area (Å²) in [6.45, 7) is 6.74. The van der Waals surface area contributed by atoms with E-state index in [-0.39, 0.29) is 0 Å². The summed E-state index contributed by atoms with van der Waals surface area (Å²) in [5, 5.41) is 0. The van der Waals surface area contributed by atoms with Gasteiger partial charge in [0, 0.05) is 58.0 Å². The van der Waals surface area contributed by atoms with Gasteiger partial charge in [0.2, 0.25) is 0 Å². The molecule has 0 atom stereocenters. The smallest absolute Gasteiger partial charge is 0.169 e. The average Bonchev–Trinajstić information content (AvgIpc) is 3.20. The summed E-state index contributed by atoms with van der Waals surface area (Å²) < 4.78 is 4.59. The first-order valence-electron chi connectivity index (χ1n) is 10.4. The maximum absolute atomic E-state index is 2.29. The summed E-state index contributed by atoms with van der Waals surface area (Å²) >= 11 is 1.88. The summed E-state index contributed by atoms with van der Waals surface area (Å²) in [4.78, 5) is 2.68. The Bertz CT molecular complexity index is 735. The Morgan fingerprint density at radius 3 is 1.37 bits per heavy atom. The number of nitrogens with zero attached hydrogens (tertiary/aromatic N) is 2. The van der Waals surface area contributed by atoms with E-state index in [1.807, 2.05) is 11.3 Å². The number of pyridine rings is 2. The third-order valence-electron chi connectivity index (χ3n) is 5.00. The van der Waals surface area contributed by atoms with E-state index >= 15 is 0 Å². The highest BCUT2D eigenvalue weighted by Gasteiger charge is 2.09. The molecular formula is C24H32N2S+2. The van der Waals surface area contributed by atoms with E-state index in [4.69, 9.17) is 0 Å². The number of aryl methyl sites for hydroxylation is 2. The predicted molar refractivity (Wildman–Crippen MR) is 115 cm³/mol. The van der Waals surface area contributed by atoms with Crippen LogP contribution in [0.15, 0.2) is 61.2 Å². The van der Waals surface area contributed by atoms with Crippen molar-refractivity contribution in [1.29, 1.82) is 0 Å². The average molecular weight is 381 g/mol. The van der Waals surface area contributed by atoms with Crippen molar-refractivity contribution in [2.45, 2.75) is 65.5 Å². The summed E-state index contributed by atoms with van der Waals surface area (Å²) in [7, 11) is 0. The highest BCUT2D eigenvalue weighted by atomic mass is 32.1. The molecule has 0 radical (unpaired) electrons. The number of rotatable bonds is 10. The molecular weight excluding hydrogens is 348 g/mol. The molecule has 0 saturated heterocycles. The summed E-state index contributed by atoms with van der Waals surface area (Å²) in [6, 6.07) is 13.5. The monoisotopic (exact) mass is 380 g/mol. The maximum Gasteiger partial charge on any atom is 0.169 e. The van der Waals surface area contributed by atoms with Crippen LogP contribution < -0.4 is 9.13 Å². The van der Waals surface area contributed by atoms with E-state index in [1.165, 1.54) is 59.4 Å². The molecule has 0 saturated carbocycles. The lowest BCUT2D eigenvalue weighted by atomic mass is 10.2. The SMILES string of the molecule is CCCCC[n+]1ccc(-c2ccc(-c3cc[n+](CCCCC)cc3)s2)cc1. The molecule has 0 aliphatic carbocycles. The second-order valence-electron chi connectivity index (χ2n) is 7.23. The van der Waals surface area contributed by atoms with Crippen LogP contribution in [0.3, 0.4) is 0 Å². The van der Waals surface area contributed by atoms with E-state index < -0.39 is 0 Å². The zero-order valence-electron chi connectivity index (χ0n) is 16.7. The van der Waals surface area contributed by atoms with Gasteiger partial charge in [0.1, 0.15) is 13.1 Å². The van der Waals surface area contributed by atoms with E-state index in [1.54, 1.807) is 0 Å². The van der Waals surface area contributed by atoms with Gasteiger partial charge in [0.15, 0.2) is 24.8 Å². The van der Waals surface area contributed by atoms with Gasteiger partial charge >= 0.3 is 0 Å². The molecule has 3 rings (SSSR count). The molecule has 0 spiro atoms. The van der Waals surface area contributed by atoms with Gasteiger partial charge in [-0.05, 0) is 25.0 Å². The number of hydrogen-bond donors (Lipinski definition) is 0. The summed E-state index contributed by atoms with van der Waals surface area (Å²) in [5.74, 6) is 0. The fourth-order valence-corrected chi connectivity index (χ4v) is 4.30. The Hall–Kier alpha value is -2.00. The van der Waals surface area contributed by atoms with Crippen LogP contribution in [0, 0.1) is 0 Å². The van der Waals surface area contributed by atoms with Crippen molar-refractivity contribution in [1.82, 2.24) is 0 Å². The number of unbranched alkanes of at least 4 members (excludes halogenated alkanes) is 4. The predicted octanol–water partition coefficient (Wildman–Crippen LogP) is 6.04. The maximum atomic E-state index is 2.29. The molecule has 0 amide bonds. The molecule has 0 N–H and O–H groups in total. The molecule has 3 aromatic rings. The number of hydrogen-bond acceptors (Lipinski definition) is 1. The van der Waals surface area contributed by atoms with Crippen molar-refractivity contribution in [2.24, 2.45) is 0 Å². The van der Waals surface area contributed by atoms with Crippen LogP contribution in [-0.2, 0) is 13.1 Å². The largest absolute Gasteiger partial charge is 0.205 e. The van der Waals surface area contributed by atoms with E-state index in [9.17, 15) is 0 Å². The zero-order chi connectivity index (χ0) is 18.9. The van der Waals surface area contributed by atoms with Crippen LogP contribution in [0.2, 0.25) is 0 Å². The van der Waals surface area contributed by atoms with Gasteiger partial charge in [-0.25, -0.2) is 9.13 Å². The lowest BCUT2D eigenvalue weighted by molar-refractivity contribution is -0.697. The molecule has 0 fully saturated rings. The van der Waals surface area contributed by atoms with Gasteiger partial charge in [-0.15, -0.1) is 11.3 Å². The van der Waals surface area contributed by atoms with E-state index in [0.29, 0.717) is 0 Å². The first kappa shape index (κ1) is 19.8. The fourth-order valence-electron chi connectivity index (χ4n) is 3.28. The molecule has 2 nitrogen and oxygen atoms in total. The normalized spacial score (nSPS) is 11.0. The molecule has 0 aliphatic rings. The molecule has 27 heavy (non-hydrogen) atoms. The van der Waals surface area contributed by atoms with Gasteiger partial charge in [-0.1, -0.05) is 26.7 Å². The first-order valence-corrected chi connectivity index (χ1v) is 11.2. The lowest BCUT2D eigenvalue weighted by Gasteiger charge is -2.00. The topological polar surface area (TPSA) is 7.76 Å². The van der Waals surface area contributed by atoms with Crippen LogP contribution in [0.25, 0.3) is 20.9 Å². The minimum atomic E-state index is 1.12. The van der Waals surface area contributed by atoms with Gasteiger partial charge in [0.05, 0.1) is 0 Å². The third-order valence-corrected chi connectivity index (χ3v) is 6.18. The Morgan fingerprint density at radius 1 is 0.593 bits per heavy atom. The molecule has 0 aliphatic heterocycles. The quantitative estimate of drug-likeness (QED) is 0.299. The standard InChI is InChI=1S/C24H32N2S/c1-3-5-7-15-25-17-11-21(12-18-25)23-9-10-24(27-23)22-13-19-26(20-14-22)16-8-6-4-2/h9-14,17-20H,3-8,15-16H2,1-2H3/q+2. The molecule has 142 valence electrons. The van der Waals surface area contributed by atoms with Crippen LogP contribution in [0.5, 0.6) is 0 Å². The van der Waals surface area contributed by atoms with Crippen molar-refractivity contribution in [3.05, 3.63) is 61.2 Å². The van der Waals surface area contributed by atoms with Gasteiger partial charge in [-0.2, -0.15) is 0 Å². The molecule has 3 heterocycles. The van der Waals surface area contributed by atoms with Crippen molar-refractivity contribution in [2.75, 3.05) is 0 Å². The van der Waals surface area contributed by atoms with E-state index in [0.717, 1.165) is 13.1 Å². The van der Waals surface area contributed by atoms with Crippen molar-refractivity contribution in [3.63, 3.8) is 0 Å². The third kappa shape index (κ3) is 5.74. The van der Waals surface area contributed by atoms with Crippen LogP contribution in [0.1, 0.15) is 52.4 Å². The molecule has 3 heteroatoms. The van der Waals surface area contributed by atoms with E-state index in [2.05, 4.69) is 84.2 Å². The van der Waals surface area contributed by atoms with Crippen LogP contribution in [-0.4, -0.2) is 0 Å². The molecule has 3 aromatic heterocycles. The van der Waals surface area contributed by atoms with Crippen molar-refractivity contribution >= 4 is 11.3 Å². The summed E-state index contributed by atoms with van der Waals surface area (Å²) in [5.41, 5.74) is 2.62. The van der Waals surface area contributed by atoms with Gasteiger partial charge < -0.3 is 0 Å². The Morgan fingerprint density at radius 2 is 1.00 bits per heavy atom. The van der Waals surface area contributed by atoms with Gasteiger partial charge in [0.25, 0.3) is 0 Å². The Kier molecular flexibility index (Phi) is 7.58. The lowest BCUT2D eigenvalue weighted by Crippen LogP contribution is -2.32. The fraction of sp³-hybridized carbons (Fsp3) is 0.417. The van der Waals surface area contributed by atoms with Crippen LogP contribution >= 0.6 is 11.3 Å². The van der Waals surface area contributed by atoms with Crippen LogP contribution in [0.4, 0.5) is 0 Å². The first-order chi connectivity index (χ1) is 13.3. The second-order valence-corrected chi connectivity index (χ2v) is 8.31. The second kappa shape index (κ2) is 10.4. The van der Waals surface area contributed by atoms with Gasteiger partial charge in [-0.3, -0.25) is 0 Å². The zero-order valence-corrected chi connectivity index (χ0v) is 17.5. The summed E-state index contributed by atoms with van der Waals surface area (Å²) in [6.07, 6.45) is 16.5. The Labute approximate surface area is 168 Å². The number of aromatic nitrogens is 2. The molecule has 0 unspecified atom stereocenters. The minimum absolute atomic E-state index is 1.12. The minimum Gasteiger partial charge on any atom is -0.205 e. The molecule has 0 aromatic carbocycles. The highest BCUT2D eigenvalue weighted by Crippen LogP contribution is 2.33. The number of thiophene rings is 1. The van der Waals surface area contributed by atoms with Crippen molar-refractivity contribution < 1.29 is 9.13 Å². The molecule has 0 bridgehead atoms.